The van der Waals surface area contributed by atoms with Crippen molar-refractivity contribution in [3.8, 4) is 22.9 Å². The zero-order valence-electron chi connectivity index (χ0n) is 18.1. The molecule has 0 spiro atoms. The number of nitrogens with two attached hydrogens (primary N) is 1. The molecule has 1 saturated carbocycles. The topological polar surface area (TPSA) is 89.2 Å². The summed E-state index contributed by atoms with van der Waals surface area (Å²) in [5.74, 6) is 1.59. The first kappa shape index (κ1) is 19.4. The molecule has 8 heteroatoms. The molecule has 1 aromatic carbocycles. The maximum absolute atomic E-state index is 14.5. The van der Waals surface area contributed by atoms with E-state index in [9.17, 15) is 4.39 Å². The zero-order chi connectivity index (χ0) is 22.0. The minimum atomic E-state index is -0.275. The van der Waals surface area contributed by atoms with Gasteiger partial charge in [-0.25, -0.2) is 4.39 Å². The van der Waals surface area contributed by atoms with E-state index < -0.39 is 0 Å². The number of aromatic nitrogens is 3. The van der Waals surface area contributed by atoms with E-state index in [0.29, 0.717) is 24.1 Å². The zero-order valence-corrected chi connectivity index (χ0v) is 18.1. The van der Waals surface area contributed by atoms with E-state index in [4.69, 9.17) is 20.4 Å². The lowest BCUT2D eigenvalue weighted by Crippen LogP contribution is -2.41. The molecule has 164 valence electrons. The first-order chi connectivity index (χ1) is 15.5. The van der Waals surface area contributed by atoms with Gasteiger partial charge in [-0.1, -0.05) is 0 Å². The van der Waals surface area contributed by atoms with Gasteiger partial charge in [0.05, 0.1) is 11.9 Å². The number of nitrogens with zero attached hydrogens (tertiary/aromatic N) is 4. The molecule has 0 unspecified atom stereocenters. The second-order valence-electron chi connectivity index (χ2n) is 9.06. The summed E-state index contributed by atoms with van der Waals surface area (Å²) in [6.07, 6.45) is 6.04. The molecule has 2 fully saturated rings. The average molecular weight is 433 g/mol. The Balaban J connectivity index is 1.49. The van der Waals surface area contributed by atoms with Crippen LogP contribution >= 0.6 is 0 Å². The molecule has 1 saturated heterocycles. The summed E-state index contributed by atoms with van der Waals surface area (Å²) < 4.78 is 20.5. The van der Waals surface area contributed by atoms with E-state index in [2.05, 4.69) is 15.2 Å². The van der Waals surface area contributed by atoms with Gasteiger partial charge in [-0.3, -0.25) is 4.98 Å². The van der Waals surface area contributed by atoms with Crippen molar-refractivity contribution in [2.24, 2.45) is 11.7 Å². The highest BCUT2D eigenvalue weighted by Crippen LogP contribution is 2.49. The Bertz CT molecular complexity index is 1230. The van der Waals surface area contributed by atoms with Gasteiger partial charge in [-0.2, -0.15) is 9.97 Å². The highest BCUT2D eigenvalue weighted by molar-refractivity contribution is 5.88. The van der Waals surface area contributed by atoms with Crippen molar-refractivity contribution >= 4 is 11.5 Å². The van der Waals surface area contributed by atoms with Crippen molar-refractivity contribution in [3.05, 3.63) is 53.2 Å². The van der Waals surface area contributed by atoms with Gasteiger partial charge in [0, 0.05) is 49.5 Å². The normalized spacial score (nSPS) is 22.8. The van der Waals surface area contributed by atoms with Crippen LogP contribution in [0.4, 0.5) is 15.9 Å². The average Bonchev–Trinajstić information content (AvgIpc) is 3.44. The van der Waals surface area contributed by atoms with Gasteiger partial charge in [0.15, 0.2) is 0 Å². The molecule has 6 rings (SSSR count). The molecule has 2 aromatic heterocycles. The molecule has 1 aliphatic heterocycles. The summed E-state index contributed by atoms with van der Waals surface area (Å²) >= 11 is 0. The maximum Gasteiger partial charge on any atom is 0.324 e. The third kappa shape index (κ3) is 3.01. The fourth-order valence-corrected chi connectivity index (χ4v) is 5.51. The van der Waals surface area contributed by atoms with Gasteiger partial charge < -0.3 is 20.7 Å². The molecular formula is C24H25FN6O. The largest absolute Gasteiger partial charge is 0.423 e. The van der Waals surface area contributed by atoms with Crippen LogP contribution < -0.4 is 20.7 Å². The van der Waals surface area contributed by atoms with Crippen LogP contribution in [-0.4, -0.2) is 40.6 Å². The van der Waals surface area contributed by atoms with Crippen LogP contribution in [0.1, 0.15) is 29.7 Å². The van der Waals surface area contributed by atoms with Crippen LogP contribution in [0.2, 0.25) is 0 Å². The first-order valence-corrected chi connectivity index (χ1v) is 11.0. The molecule has 0 amide bonds. The van der Waals surface area contributed by atoms with Crippen molar-refractivity contribution in [2.75, 3.05) is 23.8 Å². The van der Waals surface area contributed by atoms with Crippen molar-refractivity contribution in [3.63, 3.8) is 0 Å². The van der Waals surface area contributed by atoms with Gasteiger partial charge in [-0.15, -0.1) is 0 Å². The van der Waals surface area contributed by atoms with Gasteiger partial charge >= 0.3 is 6.01 Å². The SMILES string of the molecule is CNc1cc(F)cc2c1Cc1nc(Oc3cncc(C)c3)nc(N3C[C@@H]4C[C@H]3C[C@@H]4N)c1-2. The van der Waals surface area contributed by atoms with Gasteiger partial charge in [0.1, 0.15) is 17.4 Å². The summed E-state index contributed by atoms with van der Waals surface area (Å²) in [5.41, 5.74) is 11.7. The van der Waals surface area contributed by atoms with Gasteiger partial charge in [0.25, 0.3) is 0 Å². The smallest absolute Gasteiger partial charge is 0.324 e. The number of nitrogens with one attached hydrogen (secondary N) is 1. The van der Waals surface area contributed by atoms with E-state index in [0.717, 1.165) is 58.8 Å². The Morgan fingerprint density at radius 3 is 2.78 bits per heavy atom. The minimum Gasteiger partial charge on any atom is -0.423 e. The highest BCUT2D eigenvalue weighted by Gasteiger charge is 2.45. The second-order valence-corrected chi connectivity index (χ2v) is 9.06. The van der Waals surface area contributed by atoms with E-state index >= 15 is 0 Å². The molecule has 0 radical (unpaired) electrons. The molecule has 3 aliphatic rings. The highest BCUT2D eigenvalue weighted by atomic mass is 19.1. The van der Waals surface area contributed by atoms with E-state index in [-0.39, 0.29) is 17.9 Å². The molecule has 7 nitrogen and oxygen atoms in total. The first-order valence-electron chi connectivity index (χ1n) is 11.0. The number of pyridine rings is 1. The van der Waals surface area contributed by atoms with Crippen LogP contribution in [0, 0.1) is 18.7 Å². The summed E-state index contributed by atoms with van der Waals surface area (Å²) in [6, 6.07) is 5.90. The van der Waals surface area contributed by atoms with Crippen LogP contribution in [0.15, 0.2) is 30.6 Å². The van der Waals surface area contributed by atoms with E-state index in [1.807, 2.05) is 20.0 Å². The molecule has 3 heterocycles. The predicted molar refractivity (Wildman–Crippen MR) is 121 cm³/mol. The number of benzene rings is 1. The summed E-state index contributed by atoms with van der Waals surface area (Å²) in [7, 11) is 1.81. The number of aryl methyl sites for hydroxylation is 1. The van der Waals surface area contributed by atoms with Crippen LogP contribution in [-0.2, 0) is 6.42 Å². The number of ether oxygens (including phenoxy) is 1. The third-order valence-electron chi connectivity index (χ3n) is 6.97. The molecular weight excluding hydrogens is 407 g/mol. The predicted octanol–water partition coefficient (Wildman–Crippen LogP) is 3.65. The van der Waals surface area contributed by atoms with Crippen molar-refractivity contribution in [2.45, 2.75) is 38.3 Å². The number of hydrogen-bond donors (Lipinski definition) is 2. The Morgan fingerprint density at radius 2 is 2.06 bits per heavy atom. The lowest BCUT2D eigenvalue weighted by molar-refractivity contribution is 0.434. The van der Waals surface area contributed by atoms with Crippen LogP contribution in [0.3, 0.4) is 0 Å². The summed E-state index contributed by atoms with van der Waals surface area (Å²) in [4.78, 5) is 16.1. The Morgan fingerprint density at radius 1 is 1.19 bits per heavy atom. The number of fused-ring (bicyclic) bond motifs is 5. The fourth-order valence-electron chi connectivity index (χ4n) is 5.51. The Kier molecular flexibility index (Phi) is 4.33. The fraction of sp³-hybridized carbons (Fsp3) is 0.375. The number of anilines is 2. The molecule has 2 bridgehead atoms. The maximum atomic E-state index is 14.5. The van der Waals surface area contributed by atoms with E-state index in [1.54, 1.807) is 18.5 Å². The van der Waals surface area contributed by atoms with Crippen molar-refractivity contribution in [1.29, 1.82) is 0 Å². The molecule has 3 aromatic rings. The Hall–Kier alpha value is -3.26. The third-order valence-corrected chi connectivity index (χ3v) is 6.97. The minimum absolute atomic E-state index is 0.237. The quantitative estimate of drug-likeness (QED) is 0.509. The standard InChI is InChI=1S/C24H25FN6O/c1-12-3-16(10-28-9-12)32-24-29-21-8-17-18(5-14(25)6-20(17)27-2)22(21)23(30-24)31-11-13-4-15(31)7-19(13)26/h3,5-6,9-10,13,15,19,27H,4,7-8,11,26H2,1-2H3/t13-,15-,19-/m0/s1. The number of hydrogen-bond acceptors (Lipinski definition) is 7. The molecule has 3 atom stereocenters. The lowest BCUT2D eigenvalue weighted by Gasteiger charge is -2.32. The van der Waals surface area contributed by atoms with Crippen LogP contribution in [0.25, 0.3) is 11.1 Å². The van der Waals surface area contributed by atoms with Crippen molar-refractivity contribution < 1.29 is 9.13 Å². The van der Waals surface area contributed by atoms with Gasteiger partial charge in [0.2, 0.25) is 0 Å². The summed E-state index contributed by atoms with van der Waals surface area (Å²) in [5, 5.41) is 3.13. The second kappa shape index (κ2) is 7.13. The molecule has 2 aliphatic carbocycles. The van der Waals surface area contributed by atoms with E-state index in [1.165, 1.54) is 6.07 Å². The Labute approximate surface area is 185 Å². The number of halogens is 1. The number of piperidine rings is 1. The molecule has 32 heavy (non-hydrogen) atoms. The number of rotatable bonds is 4. The monoisotopic (exact) mass is 432 g/mol. The molecule has 3 N–H and O–H groups in total. The summed E-state index contributed by atoms with van der Waals surface area (Å²) in [6.45, 7) is 2.81. The lowest BCUT2D eigenvalue weighted by atomic mass is 10.0. The van der Waals surface area contributed by atoms with Crippen LogP contribution in [0.5, 0.6) is 11.8 Å². The van der Waals surface area contributed by atoms with Gasteiger partial charge in [-0.05, 0) is 60.6 Å². The van der Waals surface area contributed by atoms with Crippen molar-refractivity contribution in [1.82, 2.24) is 15.0 Å².